The van der Waals surface area contributed by atoms with Crippen molar-refractivity contribution in [3.05, 3.63) is 24.0 Å². The Bertz CT molecular complexity index is 479. The van der Waals surface area contributed by atoms with Gasteiger partial charge in [0.05, 0.1) is 12.6 Å². The molecule has 1 N–H and O–H groups in total. The zero-order valence-electron chi connectivity index (χ0n) is 7.16. The van der Waals surface area contributed by atoms with Crippen LogP contribution in [0.1, 0.15) is 5.82 Å². The fourth-order valence-corrected chi connectivity index (χ4v) is 1.24. The molecule has 64 valence electrons. The maximum absolute atomic E-state index is 5.22. The van der Waals surface area contributed by atoms with Gasteiger partial charge in [-0.3, -0.25) is 0 Å². The lowest BCUT2D eigenvalue weighted by atomic mass is 10.3. The number of nitrogens with one attached hydrogen (secondary N) is 1. The topological polar surface area (TPSA) is 37.9 Å². The molecule has 13 heavy (non-hydrogen) atoms. The third-order valence-electron chi connectivity index (χ3n) is 1.83. The Labute approximate surface area is 75.7 Å². The van der Waals surface area contributed by atoms with E-state index in [4.69, 9.17) is 11.2 Å². The Morgan fingerprint density at radius 3 is 3.08 bits per heavy atom. The summed E-state index contributed by atoms with van der Waals surface area (Å²) in [5, 5.41) is 0. The summed E-state index contributed by atoms with van der Waals surface area (Å²) >= 11 is 0. The molecule has 0 aliphatic carbocycles. The highest BCUT2D eigenvalue weighted by Gasteiger charge is 2.04. The second kappa shape index (κ2) is 2.83. The van der Waals surface area contributed by atoms with E-state index >= 15 is 0 Å². The number of hydrogen-bond donors (Lipinski definition) is 1. The van der Waals surface area contributed by atoms with Gasteiger partial charge in [0, 0.05) is 0 Å². The van der Waals surface area contributed by atoms with Crippen LogP contribution in [-0.2, 0) is 0 Å². The van der Waals surface area contributed by atoms with E-state index in [9.17, 15) is 0 Å². The van der Waals surface area contributed by atoms with E-state index in [1.165, 1.54) is 0 Å². The number of hydrogen-bond acceptors (Lipinski definition) is 2. The van der Waals surface area contributed by atoms with Crippen molar-refractivity contribution in [2.75, 3.05) is 7.11 Å². The summed E-state index contributed by atoms with van der Waals surface area (Å²) in [6.07, 6.45) is 5.22. The van der Waals surface area contributed by atoms with E-state index in [2.05, 4.69) is 15.9 Å². The molecule has 3 nitrogen and oxygen atoms in total. The zero-order valence-corrected chi connectivity index (χ0v) is 7.16. The number of terminal acetylenes is 1. The van der Waals surface area contributed by atoms with Crippen LogP contribution in [0, 0.1) is 12.3 Å². The highest BCUT2D eigenvalue weighted by atomic mass is 16.5. The van der Waals surface area contributed by atoms with Crippen molar-refractivity contribution in [1.82, 2.24) is 9.97 Å². The molecule has 1 aromatic heterocycles. The summed E-state index contributed by atoms with van der Waals surface area (Å²) in [6.45, 7) is 0. The molecule has 2 aromatic rings. The molecule has 0 spiro atoms. The van der Waals surface area contributed by atoms with E-state index < -0.39 is 0 Å². The quantitative estimate of drug-likeness (QED) is 0.663. The van der Waals surface area contributed by atoms with Crippen LogP contribution in [0.25, 0.3) is 11.0 Å². The number of benzene rings is 1. The SMILES string of the molecule is C#Cc1nc2c(OC)cccc2[nH]1. The summed E-state index contributed by atoms with van der Waals surface area (Å²) in [5.74, 6) is 3.70. The Kier molecular flexibility index (Phi) is 1.67. The molecule has 0 radical (unpaired) electrons. The number of fused-ring (bicyclic) bond motifs is 1. The maximum atomic E-state index is 5.22. The van der Waals surface area contributed by atoms with Gasteiger partial charge in [0.2, 0.25) is 0 Å². The number of ether oxygens (including phenoxy) is 1. The summed E-state index contributed by atoms with van der Waals surface area (Å²) in [7, 11) is 1.61. The summed E-state index contributed by atoms with van der Waals surface area (Å²) in [4.78, 5) is 7.18. The van der Waals surface area contributed by atoms with E-state index in [1.54, 1.807) is 7.11 Å². The average molecular weight is 172 g/mol. The third-order valence-corrected chi connectivity index (χ3v) is 1.83. The predicted molar refractivity (Wildman–Crippen MR) is 50.6 cm³/mol. The lowest BCUT2D eigenvalue weighted by Crippen LogP contribution is -1.83. The van der Waals surface area contributed by atoms with E-state index in [1.807, 2.05) is 18.2 Å². The fourth-order valence-electron chi connectivity index (χ4n) is 1.24. The van der Waals surface area contributed by atoms with Crippen LogP contribution in [0.15, 0.2) is 18.2 Å². The molecule has 1 aromatic carbocycles. The van der Waals surface area contributed by atoms with Crippen LogP contribution < -0.4 is 4.74 Å². The summed E-state index contributed by atoms with van der Waals surface area (Å²) < 4.78 is 5.13. The van der Waals surface area contributed by atoms with Crippen molar-refractivity contribution in [1.29, 1.82) is 0 Å². The lowest BCUT2D eigenvalue weighted by Gasteiger charge is -1.97. The smallest absolute Gasteiger partial charge is 0.183 e. The van der Waals surface area contributed by atoms with Crippen molar-refractivity contribution >= 4 is 11.0 Å². The highest BCUT2D eigenvalue weighted by Crippen LogP contribution is 2.22. The number of aromatic amines is 1. The minimum absolute atomic E-state index is 0.527. The van der Waals surface area contributed by atoms with Crippen molar-refractivity contribution in [3.8, 4) is 18.1 Å². The largest absolute Gasteiger partial charge is 0.494 e. The number of rotatable bonds is 1. The normalized spacial score (nSPS) is 9.85. The molecule has 0 aliphatic rings. The molecule has 0 saturated carbocycles. The first kappa shape index (κ1) is 7.69. The van der Waals surface area contributed by atoms with Gasteiger partial charge < -0.3 is 9.72 Å². The Morgan fingerprint density at radius 1 is 1.54 bits per heavy atom. The lowest BCUT2D eigenvalue weighted by molar-refractivity contribution is 0.419. The van der Waals surface area contributed by atoms with Crippen molar-refractivity contribution in [2.45, 2.75) is 0 Å². The third kappa shape index (κ3) is 1.13. The number of H-pyrrole nitrogens is 1. The van der Waals surface area contributed by atoms with Gasteiger partial charge in [0.1, 0.15) is 11.3 Å². The number of imidazole rings is 1. The minimum Gasteiger partial charge on any atom is -0.494 e. The molecule has 0 amide bonds. The number of aromatic nitrogens is 2. The molecule has 0 unspecified atom stereocenters. The van der Waals surface area contributed by atoms with Crippen LogP contribution in [0.5, 0.6) is 5.75 Å². The molecule has 0 aliphatic heterocycles. The molecular formula is C10H8N2O. The molecule has 1 heterocycles. The van der Waals surface area contributed by atoms with Crippen LogP contribution >= 0.6 is 0 Å². The summed E-state index contributed by atoms with van der Waals surface area (Å²) in [6, 6.07) is 5.65. The summed E-state index contributed by atoms with van der Waals surface area (Å²) in [5.41, 5.74) is 1.67. The van der Waals surface area contributed by atoms with Gasteiger partial charge in [-0.1, -0.05) is 6.07 Å². The first-order chi connectivity index (χ1) is 6.35. The van der Waals surface area contributed by atoms with Crippen LogP contribution in [0.4, 0.5) is 0 Å². The Balaban J connectivity index is 2.76. The first-order valence-corrected chi connectivity index (χ1v) is 3.84. The minimum atomic E-state index is 0.527. The van der Waals surface area contributed by atoms with E-state index in [0.717, 1.165) is 16.8 Å². The molecule has 3 heteroatoms. The van der Waals surface area contributed by atoms with Gasteiger partial charge in [0.25, 0.3) is 0 Å². The van der Waals surface area contributed by atoms with Crippen molar-refractivity contribution in [3.63, 3.8) is 0 Å². The highest BCUT2D eigenvalue weighted by molar-refractivity contribution is 5.82. The number of nitrogens with zero attached hydrogens (tertiary/aromatic N) is 1. The molecular weight excluding hydrogens is 164 g/mol. The van der Waals surface area contributed by atoms with Gasteiger partial charge in [-0.05, 0) is 18.1 Å². The van der Waals surface area contributed by atoms with Gasteiger partial charge >= 0.3 is 0 Å². The second-order valence-corrected chi connectivity index (χ2v) is 2.59. The maximum Gasteiger partial charge on any atom is 0.183 e. The number of para-hydroxylation sites is 1. The van der Waals surface area contributed by atoms with Crippen molar-refractivity contribution < 1.29 is 4.74 Å². The van der Waals surface area contributed by atoms with Gasteiger partial charge in [-0.2, -0.15) is 0 Å². The molecule has 0 atom stereocenters. The van der Waals surface area contributed by atoms with E-state index in [-0.39, 0.29) is 0 Å². The molecule has 0 fully saturated rings. The molecule has 0 bridgehead atoms. The molecule has 2 rings (SSSR count). The second-order valence-electron chi connectivity index (χ2n) is 2.59. The fraction of sp³-hybridized carbons (Fsp3) is 0.100. The van der Waals surface area contributed by atoms with Crippen LogP contribution in [0.2, 0.25) is 0 Å². The Morgan fingerprint density at radius 2 is 2.38 bits per heavy atom. The molecule has 0 saturated heterocycles. The number of methoxy groups -OCH3 is 1. The predicted octanol–water partition coefficient (Wildman–Crippen LogP) is 1.55. The van der Waals surface area contributed by atoms with Gasteiger partial charge in [0.15, 0.2) is 5.82 Å². The van der Waals surface area contributed by atoms with Crippen LogP contribution in [-0.4, -0.2) is 17.1 Å². The Hall–Kier alpha value is -1.95. The first-order valence-electron chi connectivity index (χ1n) is 3.84. The monoisotopic (exact) mass is 172 g/mol. The standard InChI is InChI=1S/C10H8N2O/c1-3-9-11-7-5-4-6-8(13-2)10(7)12-9/h1,4-6H,2H3,(H,11,12). The van der Waals surface area contributed by atoms with Gasteiger partial charge in [-0.25, -0.2) is 4.98 Å². The van der Waals surface area contributed by atoms with Crippen LogP contribution in [0.3, 0.4) is 0 Å². The van der Waals surface area contributed by atoms with E-state index in [0.29, 0.717) is 5.82 Å². The average Bonchev–Trinajstić information content (AvgIpc) is 2.59. The van der Waals surface area contributed by atoms with Crippen molar-refractivity contribution in [2.24, 2.45) is 0 Å². The zero-order chi connectivity index (χ0) is 9.26. The van der Waals surface area contributed by atoms with Gasteiger partial charge in [-0.15, -0.1) is 6.42 Å².